The van der Waals surface area contributed by atoms with Crippen LogP contribution in [0.25, 0.3) is 0 Å². The molecule has 1 heterocycles. The molecular formula is C28H37BrN4O4. The van der Waals surface area contributed by atoms with Crippen molar-refractivity contribution < 1.29 is 19.1 Å². The first kappa shape index (κ1) is 30.0. The number of ether oxygens (including phenoxy) is 1. The van der Waals surface area contributed by atoms with Crippen molar-refractivity contribution in [3.63, 3.8) is 0 Å². The summed E-state index contributed by atoms with van der Waals surface area (Å²) in [7, 11) is 1.58. The predicted octanol–water partition coefficient (Wildman–Crippen LogP) is 4.27. The van der Waals surface area contributed by atoms with Gasteiger partial charge in [-0.05, 0) is 60.7 Å². The SMILES string of the molecule is Br.CCOc1cc2c(cc1CC(=O)NC)C(=N)N(CC(=O)c1cc(NCC(C)=O)cc(C(C)(C)C)c1)C2. The molecule has 0 unspecified atom stereocenters. The molecule has 0 atom stereocenters. The molecule has 0 saturated carbocycles. The lowest BCUT2D eigenvalue weighted by atomic mass is 9.85. The number of likely N-dealkylation sites (N-methyl/N-ethyl adjacent to an activating group) is 1. The van der Waals surface area contributed by atoms with Gasteiger partial charge >= 0.3 is 0 Å². The second-order valence-corrected chi connectivity index (χ2v) is 10.1. The number of hydrogen-bond acceptors (Lipinski definition) is 6. The third-order valence-electron chi connectivity index (χ3n) is 6.15. The zero-order valence-electron chi connectivity index (χ0n) is 22.4. The van der Waals surface area contributed by atoms with Gasteiger partial charge in [0.25, 0.3) is 0 Å². The van der Waals surface area contributed by atoms with E-state index in [0.29, 0.717) is 35.6 Å². The lowest BCUT2D eigenvalue weighted by Crippen LogP contribution is -2.30. The van der Waals surface area contributed by atoms with Crippen LogP contribution in [0, 0.1) is 5.41 Å². The van der Waals surface area contributed by atoms with Gasteiger partial charge in [-0.1, -0.05) is 20.8 Å². The fraction of sp³-hybridized carbons (Fsp3) is 0.429. The van der Waals surface area contributed by atoms with Crippen molar-refractivity contribution in [2.45, 2.75) is 53.0 Å². The minimum absolute atomic E-state index is 0. The number of amidine groups is 1. The number of Topliss-reactive ketones (excluding diaryl/α,β-unsaturated/α-hetero) is 2. The minimum Gasteiger partial charge on any atom is -0.494 e. The molecule has 3 N–H and O–H groups in total. The largest absolute Gasteiger partial charge is 0.494 e. The average molecular weight is 574 g/mol. The number of nitrogens with zero attached hydrogens (tertiary/aromatic N) is 1. The van der Waals surface area contributed by atoms with Crippen LogP contribution in [-0.4, -0.2) is 55.0 Å². The van der Waals surface area contributed by atoms with Crippen molar-refractivity contribution in [2.75, 3.05) is 32.1 Å². The maximum atomic E-state index is 13.4. The molecule has 200 valence electrons. The van der Waals surface area contributed by atoms with Crippen LogP contribution in [-0.2, 0) is 28.0 Å². The highest BCUT2D eigenvalue weighted by Crippen LogP contribution is 2.32. The molecular weight excluding hydrogens is 536 g/mol. The Morgan fingerprint density at radius 3 is 2.41 bits per heavy atom. The number of anilines is 1. The van der Waals surface area contributed by atoms with Crippen molar-refractivity contribution in [3.05, 3.63) is 58.1 Å². The van der Waals surface area contributed by atoms with Crippen LogP contribution in [0.15, 0.2) is 30.3 Å². The second-order valence-electron chi connectivity index (χ2n) is 10.1. The van der Waals surface area contributed by atoms with E-state index in [9.17, 15) is 14.4 Å². The number of fused-ring (bicyclic) bond motifs is 1. The molecule has 0 saturated heterocycles. The second kappa shape index (κ2) is 12.4. The van der Waals surface area contributed by atoms with Gasteiger partial charge in [0.2, 0.25) is 5.91 Å². The van der Waals surface area contributed by atoms with Crippen molar-refractivity contribution in [1.29, 1.82) is 5.41 Å². The number of ketones is 2. The summed E-state index contributed by atoms with van der Waals surface area (Å²) in [5.74, 6) is 0.636. The predicted molar refractivity (Wildman–Crippen MR) is 152 cm³/mol. The fourth-order valence-electron chi connectivity index (χ4n) is 4.11. The molecule has 2 aromatic carbocycles. The van der Waals surface area contributed by atoms with Crippen LogP contribution in [0.1, 0.15) is 67.2 Å². The van der Waals surface area contributed by atoms with E-state index in [-0.39, 0.29) is 65.2 Å². The van der Waals surface area contributed by atoms with Crippen LogP contribution in [0.3, 0.4) is 0 Å². The van der Waals surface area contributed by atoms with Gasteiger partial charge in [-0.3, -0.25) is 19.8 Å². The van der Waals surface area contributed by atoms with Gasteiger partial charge in [-0.15, -0.1) is 17.0 Å². The molecule has 37 heavy (non-hydrogen) atoms. The zero-order valence-corrected chi connectivity index (χ0v) is 24.1. The lowest BCUT2D eigenvalue weighted by Gasteiger charge is -2.22. The van der Waals surface area contributed by atoms with Gasteiger partial charge in [0.15, 0.2) is 5.78 Å². The van der Waals surface area contributed by atoms with Crippen LogP contribution in [0.2, 0.25) is 0 Å². The first-order valence-corrected chi connectivity index (χ1v) is 12.2. The van der Waals surface area contributed by atoms with E-state index in [4.69, 9.17) is 10.1 Å². The van der Waals surface area contributed by atoms with Crippen molar-refractivity contribution in [1.82, 2.24) is 10.2 Å². The highest BCUT2D eigenvalue weighted by molar-refractivity contribution is 8.93. The highest BCUT2D eigenvalue weighted by Gasteiger charge is 2.29. The Bertz CT molecular complexity index is 1200. The highest BCUT2D eigenvalue weighted by atomic mass is 79.9. The monoisotopic (exact) mass is 572 g/mol. The van der Waals surface area contributed by atoms with Crippen LogP contribution >= 0.6 is 17.0 Å². The molecule has 1 amide bonds. The van der Waals surface area contributed by atoms with E-state index in [0.717, 1.165) is 16.8 Å². The van der Waals surface area contributed by atoms with Crippen molar-refractivity contribution >= 4 is 46.0 Å². The molecule has 3 rings (SSSR count). The number of carbonyl (C=O) groups excluding carboxylic acids is 3. The molecule has 0 spiro atoms. The summed E-state index contributed by atoms with van der Waals surface area (Å²) in [4.78, 5) is 38.6. The van der Waals surface area contributed by atoms with E-state index < -0.39 is 0 Å². The van der Waals surface area contributed by atoms with Gasteiger partial charge in [0.1, 0.15) is 17.4 Å². The minimum atomic E-state index is -0.184. The Kier molecular flexibility index (Phi) is 10.0. The topological polar surface area (TPSA) is 112 Å². The molecule has 9 heteroatoms. The fourth-order valence-corrected chi connectivity index (χ4v) is 4.11. The molecule has 0 radical (unpaired) electrons. The van der Waals surface area contributed by atoms with E-state index in [1.54, 1.807) is 18.0 Å². The number of carbonyl (C=O) groups is 3. The van der Waals surface area contributed by atoms with E-state index in [2.05, 4.69) is 31.4 Å². The first-order chi connectivity index (χ1) is 16.9. The summed E-state index contributed by atoms with van der Waals surface area (Å²) in [5, 5.41) is 14.5. The number of nitrogens with one attached hydrogen (secondary N) is 3. The van der Waals surface area contributed by atoms with Gasteiger partial charge in [0, 0.05) is 36.0 Å². The summed E-state index contributed by atoms with van der Waals surface area (Å²) < 4.78 is 5.76. The van der Waals surface area contributed by atoms with E-state index in [1.807, 2.05) is 31.2 Å². The molecule has 0 fully saturated rings. The normalized spacial score (nSPS) is 12.5. The Morgan fingerprint density at radius 2 is 1.81 bits per heavy atom. The van der Waals surface area contributed by atoms with Gasteiger partial charge in [0.05, 0.1) is 26.1 Å². The number of hydrogen-bond donors (Lipinski definition) is 3. The standard InChI is InChI=1S/C28H36N4O4.BrH/c1-7-36-25-11-20-15-32(27(29)23(20)10-19(25)12-26(35)30-6)16-24(34)18-8-21(28(3,4)5)13-22(9-18)31-14-17(2)33;/h8-11,13,29,31H,7,12,14-16H2,1-6H3,(H,30,35);1H. The van der Waals surface area contributed by atoms with Crippen LogP contribution in [0.5, 0.6) is 5.75 Å². The average Bonchev–Trinajstić information content (AvgIpc) is 3.11. The summed E-state index contributed by atoms with van der Waals surface area (Å²) in [6.07, 6.45) is 0.154. The molecule has 8 nitrogen and oxygen atoms in total. The number of rotatable bonds is 10. The van der Waals surface area contributed by atoms with Gasteiger partial charge < -0.3 is 20.3 Å². The Hall–Kier alpha value is -3.20. The Balaban J connectivity index is 0.00000481. The maximum absolute atomic E-state index is 13.4. The zero-order chi connectivity index (χ0) is 26.6. The molecule has 1 aliphatic rings. The van der Waals surface area contributed by atoms with E-state index in [1.165, 1.54) is 6.92 Å². The molecule has 2 aromatic rings. The lowest BCUT2D eigenvalue weighted by molar-refractivity contribution is -0.120. The third kappa shape index (κ3) is 7.41. The number of amides is 1. The van der Waals surface area contributed by atoms with Gasteiger partial charge in [-0.2, -0.15) is 0 Å². The van der Waals surface area contributed by atoms with Crippen molar-refractivity contribution in [3.8, 4) is 5.75 Å². The smallest absolute Gasteiger partial charge is 0.224 e. The molecule has 0 aromatic heterocycles. The summed E-state index contributed by atoms with van der Waals surface area (Å²) in [5.41, 5.74) is 4.37. The summed E-state index contributed by atoms with van der Waals surface area (Å²) in [6.45, 7) is 10.7. The Morgan fingerprint density at radius 1 is 1.11 bits per heavy atom. The van der Waals surface area contributed by atoms with Crippen LogP contribution < -0.4 is 15.4 Å². The Labute approximate surface area is 229 Å². The molecule has 0 aliphatic carbocycles. The quantitative estimate of drug-likeness (QED) is 0.366. The molecule has 1 aliphatic heterocycles. The van der Waals surface area contributed by atoms with Crippen LogP contribution in [0.4, 0.5) is 5.69 Å². The van der Waals surface area contributed by atoms with E-state index >= 15 is 0 Å². The van der Waals surface area contributed by atoms with Crippen molar-refractivity contribution in [2.24, 2.45) is 0 Å². The first-order valence-electron chi connectivity index (χ1n) is 12.2. The van der Waals surface area contributed by atoms with Gasteiger partial charge in [-0.25, -0.2) is 0 Å². The summed E-state index contributed by atoms with van der Waals surface area (Å²) in [6, 6.07) is 9.33. The number of benzene rings is 2. The number of halogens is 1. The summed E-state index contributed by atoms with van der Waals surface area (Å²) >= 11 is 0. The third-order valence-corrected chi connectivity index (χ3v) is 6.15. The maximum Gasteiger partial charge on any atom is 0.224 e. The molecule has 0 bridgehead atoms.